The number of rotatable bonds is 9. The van der Waals surface area contributed by atoms with Gasteiger partial charge in [-0.15, -0.1) is 0 Å². The summed E-state index contributed by atoms with van der Waals surface area (Å²) in [7, 11) is 3.62. The van der Waals surface area contributed by atoms with Gasteiger partial charge in [0.05, 0.1) is 17.9 Å². The van der Waals surface area contributed by atoms with E-state index < -0.39 is 6.04 Å². The monoisotopic (exact) mass is 481 g/mol. The number of benzene rings is 2. The number of hydrogen-bond acceptors (Lipinski definition) is 5. The second kappa shape index (κ2) is 11.0. The number of para-hydroxylation sites is 1. The molecule has 8 heteroatoms. The Labute approximate surface area is 204 Å². The highest BCUT2D eigenvalue weighted by molar-refractivity contribution is 8.00. The van der Waals surface area contributed by atoms with Crippen LogP contribution in [0.5, 0.6) is 5.75 Å². The molecule has 2 amide bonds. The van der Waals surface area contributed by atoms with Gasteiger partial charge in [-0.05, 0) is 37.1 Å². The number of ether oxygens (including phenoxy) is 2. The molecule has 1 N–H and O–H groups in total. The molecular formula is C26H31N3O4S. The summed E-state index contributed by atoms with van der Waals surface area (Å²) in [6, 6.07) is 15.0. The molecule has 2 aromatic carbocycles. The lowest BCUT2D eigenvalue weighted by atomic mass is 10.0. The van der Waals surface area contributed by atoms with Crippen LogP contribution in [0.4, 0.5) is 0 Å². The molecule has 0 aliphatic carbocycles. The molecule has 0 fully saturated rings. The van der Waals surface area contributed by atoms with Crippen molar-refractivity contribution in [1.82, 2.24) is 14.8 Å². The SMILES string of the molecule is CCOCCCNC(=O)[C@@H]1c2c(n(C)c3ccccc23)SCC(=O)N1Cc1ccc(OC)cc1. The van der Waals surface area contributed by atoms with E-state index in [2.05, 4.69) is 16.0 Å². The van der Waals surface area contributed by atoms with Gasteiger partial charge in [0.25, 0.3) is 0 Å². The molecule has 0 saturated carbocycles. The fourth-order valence-electron chi connectivity index (χ4n) is 4.36. The number of thioether (sulfide) groups is 1. The van der Waals surface area contributed by atoms with Crippen molar-refractivity contribution in [3.63, 3.8) is 0 Å². The maximum Gasteiger partial charge on any atom is 0.247 e. The molecule has 2 heterocycles. The van der Waals surface area contributed by atoms with E-state index in [-0.39, 0.29) is 17.6 Å². The van der Waals surface area contributed by atoms with Gasteiger partial charge < -0.3 is 24.3 Å². The first-order valence-corrected chi connectivity index (χ1v) is 12.5. The summed E-state index contributed by atoms with van der Waals surface area (Å²) in [4.78, 5) is 28.7. The largest absolute Gasteiger partial charge is 0.497 e. The lowest BCUT2D eigenvalue weighted by Crippen LogP contribution is -2.43. The molecule has 0 saturated heterocycles. The van der Waals surface area contributed by atoms with E-state index in [9.17, 15) is 9.59 Å². The molecule has 3 aromatic rings. The van der Waals surface area contributed by atoms with Crippen LogP contribution in [0, 0.1) is 0 Å². The Hall–Kier alpha value is -2.97. The van der Waals surface area contributed by atoms with Crippen molar-refractivity contribution in [3.8, 4) is 5.75 Å². The third-order valence-corrected chi connectivity index (χ3v) is 7.22. The summed E-state index contributed by atoms with van der Waals surface area (Å²) in [6.07, 6.45) is 0.718. The van der Waals surface area contributed by atoms with E-state index in [1.165, 1.54) is 11.8 Å². The minimum absolute atomic E-state index is 0.0597. The standard InChI is InChI=1S/C26H31N3O4S/c1-4-33-15-7-14-27-25(31)24-23-20-8-5-6-9-21(20)28(2)26(23)34-17-22(30)29(24)16-18-10-12-19(32-3)13-11-18/h5-6,8-13,24H,4,7,14-17H2,1-3H3,(H,27,31)/t24-/m0/s1. The molecular weight excluding hydrogens is 450 g/mol. The van der Waals surface area contributed by atoms with E-state index in [0.29, 0.717) is 26.3 Å². The van der Waals surface area contributed by atoms with Crippen LogP contribution in [0.1, 0.15) is 30.5 Å². The minimum Gasteiger partial charge on any atom is -0.497 e. The maximum atomic E-state index is 13.7. The number of hydrogen-bond donors (Lipinski definition) is 1. The van der Waals surface area contributed by atoms with Gasteiger partial charge in [-0.3, -0.25) is 9.59 Å². The summed E-state index contributed by atoms with van der Waals surface area (Å²) in [5.41, 5.74) is 2.88. The predicted molar refractivity (Wildman–Crippen MR) is 134 cm³/mol. The molecule has 0 spiro atoms. The van der Waals surface area contributed by atoms with Crippen LogP contribution in [0.25, 0.3) is 10.9 Å². The third-order valence-electron chi connectivity index (χ3n) is 6.06. The summed E-state index contributed by atoms with van der Waals surface area (Å²) >= 11 is 1.50. The lowest BCUT2D eigenvalue weighted by molar-refractivity contribution is -0.139. The van der Waals surface area contributed by atoms with E-state index >= 15 is 0 Å². The average Bonchev–Trinajstić information content (AvgIpc) is 3.04. The van der Waals surface area contributed by atoms with E-state index in [0.717, 1.165) is 39.2 Å². The highest BCUT2D eigenvalue weighted by atomic mass is 32.2. The zero-order chi connectivity index (χ0) is 24.1. The summed E-state index contributed by atoms with van der Waals surface area (Å²) in [6.45, 7) is 4.02. The number of carbonyl (C=O) groups is 2. The number of amides is 2. The Bertz CT molecular complexity index is 1160. The first-order chi connectivity index (χ1) is 16.5. The topological polar surface area (TPSA) is 72.8 Å². The van der Waals surface area contributed by atoms with Crippen LogP contribution < -0.4 is 10.1 Å². The highest BCUT2D eigenvalue weighted by Gasteiger charge is 2.38. The Morgan fingerprint density at radius 2 is 1.94 bits per heavy atom. The fraction of sp³-hybridized carbons (Fsp3) is 0.385. The van der Waals surface area contributed by atoms with Gasteiger partial charge >= 0.3 is 0 Å². The Morgan fingerprint density at radius 1 is 1.18 bits per heavy atom. The van der Waals surface area contributed by atoms with Crippen molar-refractivity contribution in [2.75, 3.05) is 32.6 Å². The molecule has 1 aromatic heterocycles. The molecule has 180 valence electrons. The number of carbonyl (C=O) groups excluding carboxylic acids is 2. The van der Waals surface area contributed by atoms with Gasteiger partial charge in [0.2, 0.25) is 11.8 Å². The Kier molecular flexibility index (Phi) is 7.80. The summed E-state index contributed by atoms with van der Waals surface area (Å²) in [5.74, 6) is 0.803. The maximum absolute atomic E-state index is 13.7. The van der Waals surface area contributed by atoms with Crippen LogP contribution in [-0.4, -0.2) is 53.9 Å². The number of nitrogens with zero attached hydrogens (tertiary/aromatic N) is 2. The number of aryl methyl sites for hydroxylation is 1. The second-order valence-electron chi connectivity index (χ2n) is 8.20. The van der Waals surface area contributed by atoms with Gasteiger partial charge in [-0.1, -0.05) is 42.1 Å². The molecule has 0 radical (unpaired) electrons. The van der Waals surface area contributed by atoms with Crippen molar-refractivity contribution in [2.24, 2.45) is 7.05 Å². The predicted octanol–water partition coefficient (Wildman–Crippen LogP) is 3.91. The molecule has 7 nitrogen and oxygen atoms in total. The Balaban J connectivity index is 1.72. The van der Waals surface area contributed by atoms with E-state index in [1.54, 1.807) is 12.0 Å². The number of aromatic nitrogens is 1. The Morgan fingerprint density at radius 3 is 2.68 bits per heavy atom. The van der Waals surface area contributed by atoms with Gasteiger partial charge in [-0.25, -0.2) is 0 Å². The lowest BCUT2D eigenvalue weighted by Gasteiger charge is -2.30. The first kappa shape index (κ1) is 24.2. The normalized spacial score (nSPS) is 15.8. The van der Waals surface area contributed by atoms with E-state index in [4.69, 9.17) is 9.47 Å². The summed E-state index contributed by atoms with van der Waals surface area (Å²) in [5, 5.41) is 5.01. The average molecular weight is 482 g/mol. The first-order valence-electron chi connectivity index (χ1n) is 11.5. The highest BCUT2D eigenvalue weighted by Crippen LogP contribution is 2.42. The smallest absolute Gasteiger partial charge is 0.247 e. The van der Waals surface area contributed by atoms with Crippen molar-refractivity contribution in [2.45, 2.75) is 31.0 Å². The van der Waals surface area contributed by atoms with Crippen LogP contribution in [0.2, 0.25) is 0 Å². The number of fused-ring (bicyclic) bond motifs is 3. The van der Waals surface area contributed by atoms with Crippen LogP contribution in [-0.2, 0) is 27.9 Å². The van der Waals surface area contributed by atoms with E-state index in [1.807, 2.05) is 56.4 Å². The van der Waals surface area contributed by atoms with Crippen LogP contribution in [0.3, 0.4) is 0 Å². The van der Waals surface area contributed by atoms with Crippen molar-refractivity contribution >= 4 is 34.5 Å². The summed E-state index contributed by atoms with van der Waals surface area (Å²) < 4.78 is 12.8. The van der Waals surface area contributed by atoms with Gasteiger partial charge in [-0.2, -0.15) is 0 Å². The zero-order valence-corrected chi connectivity index (χ0v) is 20.7. The van der Waals surface area contributed by atoms with Crippen LogP contribution in [0.15, 0.2) is 53.6 Å². The van der Waals surface area contributed by atoms with Gasteiger partial charge in [0, 0.05) is 49.8 Å². The molecule has 4 rings (SSSR count). The fourth-order valence-corrected chi connectivity index (χ4v) is 5.45. The zero-order valence-electron chi connectivity index (χ0n) is 19.9. The molecule has 34 heavy (non-hydrogen) atoms. The second-order valence-corrected chi connectivity index (χ2v) is 9.16. The van der Waals surface area contributed by atoms with Crippen molar-refractivity contribution in [1.29, 1.82) is 0 Å². The van der Waals surface area contributed by atoms with Crippen molar-refractivity contribution in [3.05, 3.63) is 59.7 Å². The molecule has 1 atom stereocenters. The number of nitrogens with one attached hydrogen (secondary N) is 1. The molecule has 0 unspecified atom stereocenters. The molecule has 1 aliphatic heterocycles. The van der Waals surface area contributed by atoms with Crippen LogP contribution >= 0.6 is 11.8 Å². The minimum atomic E-state index is -0.724. The third kappa shape index (κ3) is 4.93. The van der Waals surface area contributed by atoms with Crippen molar-refractivity contribution < 1.29 is 19.1 Å². The van der Waals surface area contributed by atoms with Gasteiger partial charge in [0.15, 0.2) is 0 Å². The quantitative estimate of drug-likeness (QED) is 0.469. The number of methoxy groups -OCH3 is 1. The molecule has 1 aliphatic rings. The van der Waals surface area contributed by atoms with Gasteiger partial charge in [0.1, 0.15) is 11.8 Å². The molecule has 0 bridgehead atoms.